The molecule has 1 amide bonds. The van der Waals surface area contributed by atoms with Gasteiger partial charge in [-0.15, -0.1) is 0 Å². The van der Waals surface area contributed by atoms with E-state index in [-0.39, 0.29) is 28.9 Å². The van der Waals surface area contributed by atoms with Crippen LogP contribution in [0.2, 0.25) is 0 Å². The summed E-state index contributed by atoms with van der Waals surface area (Å²) >= 11 is 0. The van der Waals surface area contributed by atoms with Crippen molar-refractivity contribution in [2.24, 2.45) is 5.73 Å². The number of carbonyl (C=O) groups is 1. The molecule has 0 saturated carbocycles. The number of benzene rings is 1. The van der Waals surface area contributed by atoms with Gasteiger partial charge in [-0.2, -0.15) is 0 Å². The Morgan fingerprint density at radius 3 is 2.90 bits per heavy atom. The van der Waals surface area contributed by atoms with Crippen LogP contribution in [0.5, 0.6) is 5.75 Å². The number of likely N-dealkylation sites (tertiary alicyclic amines) is 1. The molecule has 1 saturated heterocycles. The summed E-state index contributed by atoms with van der Waals surface area (Å²) in [5.41, 5.74) is 5.85. The van der Waals surface area contributed by atoms with Gasteiger partial charge in [0, 0.05) is 30.8 Å². The number of nitro benzene ring substituents is 1. The maximum absolute atomic E-state index is 12.2. The van der Waals surface area contributed by atoms with Gasteiger partial charge in [0.05, 0.1) is 11.5 Å². The molecule has 0 bridgehead atoms. The molecule has 7 nitrogen and oxygen atoms in total. The van der Waals surface area contributed by atoms with E-state index in [2.05, 4.69) is 0 Å². The molecule has 1 aromatic carbocycles. The first-order chi connectivity index (χ1) is 9.52. The highest BCUT2D eigenvalue weighted by atomic mass is 16.6. The fourth-order valence-corrected chi connectivity index (χ4v) is 2.22. The predicted octanol–water partition coefficient (Wildman–Crippen LogP) is 1.17. The monoisotopic (exact) mass is 279 g/mol. The lowest BCUT2D eigenvalue weighted by molar-refractivity contribution is -0.385. The highest BCUT2D eigenvalue weighted by Gasteiger charge is 2.26. The lowest BCUT2D eigenvalue weighted by Gasteiger charge is -2.16. The molecule has 1 aromatic rings. The predicted molar refractivity (Wildman–Crippen MR) is 72.8 cm³/mol. The Hall–Kier alpha value is -2.15. The summed E-state index contributed by atoms with van der Waals surface area (Å²) < 4.78 is 5.19. The summed E-state index contributed by atoms with van der Waals surface area (Å²) in [5.74, 6) is -0.0590. The summed E-state index contributed by atoms with van der Waals surface area (Å²) in [6, 6.07) is 4.25. The average molecular weight is 279 g/mol. The van der Waals surface area contributed by atoms with Crippen LogP contribution in [0.4, 0.5) is 5.69 Å². The van der Waals surface area contributed by atoms with Crippen LogP contribution in [-0.4, -0.2) is 41.5 Å². The van der Waals surface area contributed by atoms with Crippen LogP contribution in [0, 0.1) is 10.1 Å². The lowest BCUT2D eigenvalue weighted by atomic mass is 10.1. The molecule has 0 unspecified atom stereocenters. The highest BCUT2D eigenvalue weighted by molar-refractivity contribution is 5.95. The van der Waals surface area contributed by atoms with Crippen LogP contribution in [-0.2, 0) is 0 Å². The topological polar surface area (TPSA) is 98.7 Å². The van der Waals surface area contributed by atoms with Crippen molar-refractivity contribution in [1.82, 2.24) is 4.90 Å². The molecule has 0 aliphatic carbocycles. The van der Waals surface area contributed by atoms with Crippen LogP contribution >= 0.6 is 0 Å². The lowest BCUT2D eigenvalue weighted by Crippen LogP contribution is -2.31. The summed E-state index contributed by atoms with van der Waals surface area (Å²) in [6.07, 6.45) is 0.755. The van der Waals surface area contributed by atoms with E-state index < -0.39 is 4.92 Å². The van der Waals surface area contributed by atoms with Crippen molar-refractivity contribution in [2.75, 3.05) is 19.7 Å². The van der Waals surface area contributed by atoms with E-state index in [0.29, 0.717) is 19.7 Å². The van der Waals surface area contributed by atoms with E-state index >= 15 is 0 Å². The Morgan fingerprint density at radius 1 is 1.60 bits per heavy atom. The van der Waals surface area contributed by atoms with Crippen molar-refractivity contribution in [3.05, 3.63) is 33.9 Å². The zero-order valence-corrected chi connectivity index (χ0v) is 11.2. The molecular weight excluding hydrogens is 262 g/mol. The van der Waals surface area contributed by atoms with E-state index in [1.165, 1.54) is 12.1 Å². The first-order valence-corrected chi connectivity index (χ1v) is 6.49. The quantitative estimate of drug-likeness (QED) is 0.658. The fraction of sp³-hybridized carbons (Fsp3) is 0.462. The van der Waals surface area contributed by atoms with Crippen molar-refractivity contribution in [1.29, 1.82) is 0 Å². The van der Waals surface area contributed by atoms with Gasteiger partial charge in [-0.1, -0.05) is 0 Å². The first-order valence-electron chi connectivity index (χ1n) is 6.49. The molecule has 1 aliphatic heterocycles. The molecule has 108 valence electrons. The maximum Gasteiger partial charge on any atom is 0.311 e. The number of nitro groups is 1. The number of hydrogen-bond acceptors (Lipinski definition) is 5. The van der Waals surface area contributed by atoms with Gasteiger partial charge in [-0.05, 0) is 25.5 Å². The second-order valence-corrected chi connectivity index (χ2v) is 4.67. The number of hydrogen-bond donors (Lipinski definition) is 1. The van der Waals surface area contributed by atoms with Crippen molar-refractivity contribution < 1.29 is 14.5 Å². The Labute approximate surface area is 116 Å². The van der Waals surface area contributed by atoms with Crippen molar-refractivity contribution in [3.63, 3.8) is 0 Å². The van der Waals surface area contributed by atoms with Crippen LogP contribution < -0.4 is 10.5 Å². The molecule has 1 fully saturated rings. The number of carbonyl (C=O) groups excluding carboxylic acids is 1. The molecule has 20 heavy (non-hydrogen) atoms. The number of nitrogens with zero attached hydrogens (tertiary/aromatic N) is 2. The second kappa shape index (κ2) is 5.87. The third kappa shape index (κ3) is 2.88. The highest BCUT2D eigenvalue weighted by Crippen LogP contribution is 2.28. The molecule has 0 spiro atoms. The van der Waals surface area contributed by atoms with Crippen LogP contribution in [0.3, 0.4) is 0 Å². The number of ether oxygens (including phenoxy) is 1. The molecule has 2 N–H and O–H groups in total. The SMILES string of the molecule is CCOc1ccc(C(=O)N2CC[C@@H](N)C2)cc1[N+](=O)[O-]. The zero-order chi connectivity index (χ0) is 14.7. The minimum atomic E-state index is -0.544. The van der Waals surface area contributed by atoms with E-state index in [0.717, 1.165) is 6.42 Å². The number of nitrogens with two attached hydrogens (primary N) is 1. The smallest absolute Gasteiger partial charge is 0.311 e. The average Bonchev–Trinajstić information content (AvgIpc) is 2.85. The zero-order valence-electron chi connectivity index (χ0n) is 11.2. The maximum atomic E-state index is 12.2. The van der Waals surface area contributed by atoms with Crippen molar-refractivity contribution in [2.45, 2.75) is 19.4 Å². The molecule has 7 heteroatoms. The number of amides is 1. The molecule has 0 radical (unpaired) electrons. The second-order valence-electron chi connectivity index (χ2n) is 4.67. The largest absolute Gasteiger partial charge is 0.487 e. The Kier molecular flexibility index (Phi) is 4.19. The van der Waals surface area contributed by atoms with Crippen molar-refractivity contribution >= 4 is 11.6 Å². The van der Waals surface area contributed by atoms with E-state index in [9.17, 15) is 14.9 Å². The van der Waals surface area contributed by atoms with Gasteiger partial charge in [0.2, 0.25) is 0 Å². The summed E-state index contributed by atoms with van der Waals surface area (Å²) in [6.45, 7) is 3.14. The Balaban J connectivity index is 2.26. The fourth-order valence-electron chi connectivity index (χ4n) is 2.22. The van der Waals surface area contributed by atoms with Gasteiger partial charge in [0.25, 0.3) is 5.91 Å². The summed E-state index contributed by atoms with van der Waals surface area (Å²) in [7, 11) is 0. The molecular formula is C13H17N3O4. The number of rotatable bonds is 4. The molecule has 1 heterocycles. The Morgan fingerprint density at radius 2 is 2.35 bits per heavy atom. The third-order valence-electron chi connectivity index (χ3n) is 3.21. The van der Waals surface area contributed by atoms with Crippen LogP contribution in [0.15, 0.2) is 18.2 Å². The van der Waals surface area contributed by atoms with Crippen LogP contribution in [0.25, 0.3) is 0 Å². The van der Waals surface area contributed by atoms with E-state index in [1.807, 2.05) is 0 Å². The Bertz CT molecular complexity index is 532. The standard InChI is InChI=1S/C13H17N3O4/c1-2-20-12-4-3-9(7-11(12)16(18)19)13(17)15-6-5-10(14)8-15/h3-4,7,10H,2,5-6,8,14H2,1H3/t10-/m1/s1. The first kappa shape index (κ1) is 14.3. The van der Waals surface area contributed by atoms with Crippen LogP contribution in [0.1, 0.15) is 23.7 Å². The van der Waals surface area contributed by atoms with Gasteiger partial charge in [-0.3, -0.25) is 14.9 Å². The summed E-state index contributed by atoms with van der Waals surface area (Å²) in [5, 5.41) is 11.0. The van der Waals surface area contributed by atoms with Gasteiger partial charge >= 0.3 is 5.69 Å². The molecule has 0 aromatic heterocycles. The van der Waals surface area contributed by atoms with Gasteiger partial charge in [0.15, 0.2) is 5.75 Å². The van der Waals surface area contributed by atoms with E-state index in [4.69, 9.17) is 10.5 Å². The normalized spacial score (nSPS) is 18.1. The third-order valence-corrected chi connectivity index (χ3v) is 3.21. The minimum Gasteiger partial charge on any atom is -0.487 e. The molecule has 1 atom stereocenters. The summed E-state index contributed by atoms with van der Waals surface area (Å²) in [4.78, 5) is 24.3. The van der Waals surface area contributed by atoms with Gasteiger partial charge in [0.1, 0.15) is 0 Å². The van der Waals surface area contributed by atoms with Gasteiger partial charge < -0.3 is 15.4 Å². The molecule has 2 rings (SSSR count). The van der Waals surface area contributed by atoms with Crippen molar-refractivity contribution in [3.8, 4) is 5.75 Å². The minimum absolute atomic E-state index is 0.0170. The van der Waals surface area contributed by atoms with E-state index in [1.54, 1.807) is 17.9 Å². The molecule has 1 aliphatic rings. The van der Waals surface area contributed by atoms with Gasteiger partial charge in [-0.25, -0.2) is 0 Å².